The Kier molecular flexibility index (Phi) is 3.03. The van der Waals surface area contributed by atoms with Gasteiger partial charge in [-0.3, -0.25) is 4.79 Å². The molecule has 1 fully saturated rings. The smallest absolute Gasteiger partial charge is 0.251 e. The van der Waals surface area contributed by atoms with Gasteiger partial charge in [0.15, 0.2) is 0 Å². The molecular formula is C11H11BrClNO. The summed E-state index contributed by atoms with van der Waals surface area (Å²) in [6.07, 6.45) is 1.08. The zero-order chi connectivity index (χ0) is 11.0. The molecule has 80 valence electrons. The van der Waals surface area contributed by atoms with Crippen LogP contribution in [0.25, 0.3) is 0 Å². The van der Waals surface area contributed by atoms with Crippen LogP contribution < -0.4 is 5.32 Å². The van der Waals surface area contributed by atoms with Crippen LogP contribution in [0, 0.1) is 5.92 Å². The van der Waals surface area contributed by atoms with Crippen LogP contribution in [0.15, 0.2) is 22.7 Å². The molecule has 2 unspecified atom stereocenters. The highest BCUT2D eigenvalue weighted by molar-refractivity contribution is 9.10. The fraction of sp³-hybridized carbons (Fsp3) is 0.364. The van der Waals surface area contributed by atoms with Gasteiger partial charge >= 0.3 is 0 Å². The molecule has 0 radical (unpaired) electrons. The van der Waals surface area contributed by atoms with Crippen molar-refractivity contribution in [1.82, 2.24) is 5.32 Å². The van der Waals surface area contributed by atoms with Crippen molar-refractivity contribution in [1.29, 1.82) is 0 Å². The van der Waals surface area contributed by atoms with Crippen molar-refractivity contribution in [3.63, 3.8) is 0 Å². The Morgan fingerprint density at radius 3 is 2.80 bits per heavy atom. The van der Waals surface area contributed by atoms with Gasteiger partial charge in [0.05, 0.1) is 5.02 Å². The molecule has 0 saturated heterocycles. The monoisotopic (exact) mass is 287 g/mol. The van der Waals surface area contributed by atoms with E-state index in [1.54, 1.807) is 18.2 Å². The first kappa shape index (κ1) is 11.0. The maximum Gasteiger partial charge on any atom is 0.251 e. The van der Waals surface area contributed by atoms with Crippen molar-refractivity contribution < 1.29 is 4.79 Å². The SMILES string of the molecule is CC1CC1NC(=O)c1ccc(Cl)c(Br)c1. The van der Waals surface area contributed by atoms with Crippen LogP contribution in [0.3, 0.4) is 0 Å². The van der Waals surface area contributed by atoms with Gasteiger partial charge in [0.1, 0.15) is 0 Å². The third-order valence-electron chi connectivity index (χ3n) is 2.61. The molecule has 0 aliphatic heterocycles. The second-order valence-electron chi connectivity index (χ2n) is 3.92. The minimum atomic E-state index is -0.0262. The topological polar surface area (TPSA) is 29.1 Å². The standard InChI is InChI=1S/C11H11BrClNO/c1-6-4-10(6)14-11(15)7-2-3-9(13)8(12)5-7/h2-3,5-6,10H,4H2,1H3,(H,14,15). The van der Waals surface area contributed by atoms with Crippen molar-refractivity contribution in [3.05, 3.63) is 33.3 Å². The maximum atomic E-state index is 11.7. The zero-order valence-electron chi connectivity index (χ0n) is 8.26. The predicted molar refractivity (Wildman–Crippen MR) is 64.2 cm³/mol. The number of halogens is 2. The van der Waals surface area contributed by atoms with E-state index >= 15 is 0 Å². The average Bonchev–Trinajstić information content (AvgIpc) is 2.86. The number of carbonyl (C=O) groups is 1. The highest BCUT2D eigenvalue weighted by Crippen LogP contribution is 2.29. The van der Waals surface area contributed by atoms with Crippen molar-refractivity contribution in [2.45, 2.75) is 19.4 Å². The van der Waals surface area contributed by atoms with Crippen LogP contribution in [0.2, 0.25) is 5.02 Å². The molecule has 1 aromatic rings. The summed E-state index contributed by atoms with van der Waals surface area (Å²) < 4.78 is 0.751. The Morgan fingerprint density at radius 2 is 2.27 bits per heavy atom. The van der Waals surface area contributed by atoms with E-state index in [0.717, 1.165) is 10.9 Å². The number of nitrogens with one attached hydrogen (secondary N) is 1. The minimum absolute atomic E-state index is 0.0262. The lowest BCUT2D eigenvalue weighted by atomic mass is 10.2. The molecule has 1 amide bonds. The molecule has 2 rings (SSSR count). The van der Waals surface area contributed by atoms with Gasteiger partial charge in [-0.05, 0) is 46.5 Å². The second kappa shape index (κ2) is 4.14. The van der Waals surface area contributed by atoms with Crippen LogP contribution in [0.5, 0.6) is 0 Å². The van der Waals surface area contributed by atoms with E-state index in [9.17, 15) is 4.79 Å². The Morgan fingerprint density at radius 1 is 1.60 bits per heavy atom. The summed E-state index contributed by atoms with van der Waals surface area (Å²) in [5.41, 5.74) is 0.644. The number of carbonyl (C=O) groups excluding carboxylic acids is 1. The maximum absolute atomic E-state index is 11.7. The molecule has 4 heteroatoms. The first-order valence-electron chi connectivity index (χ1n) is 4.84. The van der Waals surface area contributed by atoms with E-state index in [1.807, 2.05) is 0 Å². The summed E-state index contributed by atoms with van der Waals surface area (Å²) in [5.74, 6) is 0.589. The second-order valence-corrected chi connectivity index (χ2v) is 5.18. The predicted octanol–water partition coefficient (Wildman–Crippen LogP) is 3.24. The number of amides is 1. The highest BCUT2D eigenvalue weighted by atomic mass is 79.9. The summed E-state index contributed by atoms with van der Waals surface area (Å²) >= 11 is 9.14. The Balaban J connectivity index is 2.08. The van der Waals surface area contributed by atoms with Gasteiger partial charge in [0.2, 0.25) is 0 Å². The van der Waals surface area contributed by atoms with Crippen molar-refractivity contribution in [2.75, 3.05) is 0 Å². The van der Waals surface area contributed by atoms with Gasteiger partial charge in [-0.1, -0.05) is 18.5 Å². The minimum Gasteiger partial charge on any atom is -0.349 e. The molecule has 2 nitrogen and oxygen atoms in total. The molecule has 0 heterocycles. The molecular weight excluding hydrogens is 277 g/mol. The quantitative estimate of drug-likeness (QED) is 0.889. The van der Waals surface area contributed by atoms with Gasteiger partial charge in [0.25, 0.3) is 5.91 Å². The Bertz CT molecular complexity index is 408. The third-order valence-corrected chi connectivity index (χ3v) is 3.82. The van der Waals surface area contributed by atoms with E-state index in [4.69, 9.17) is 11.6 Å². The van der Waals surface area contributed by atoms with Crippen molar-refractivity contribution in [2.24, 2.45) is 5.92 Å². The van der Waals surface area contributed by atoms with Crippen LogP contribution in [-0.4, -0.2) is 11.9 Å². The summed E-state index contributed by atoms with van der Waals surface area (Å²) in [4.78, 5) is 11.7. The van der Waals surface area contributed by atoms with Crippen LogP contribution in [0.1, 0.15) is 23.7 Å². The van der Waals surface area contributed by atoms with Crippen LogP contribution in [0.4, 0.5) is 0 Å². The summed E-state index contributed by atoms with van der Waals surface area (Å²) in [5, 5.41) is 3.58. The first-order chi connectivity index (χ1) is 7.08. The van der Waals surface area contributed by atoms with E-state index < -0.39 is 0 Å². The van der Waals surface area contributed by atoms with Gasteiger partial charge in [-0.25, -0.2) is 0 Å². The highest BCUT2D eigenvalue weighted by Gasteiger charge is 2.33. The lowest BCUT2D eigenvalue weighted by Crippen LogP contribution is -2.26. The zero-order valence-corrected chi connectivity index (χ0v) is 10.6. The van der Waals surface area contributed by atoms with E-state index in [2.05, 4.69) is 28.2 Å². The van der Waals surface area contributed by atoms with Crippen LogP contribution >= 0.6 is 27.5 Å². The molecule has 1 saturated carbocycles. The molecule has 0 bridgehead atoms. The lowest BCUT2D eigenvalue weighted by Gasteiger charge is -2.04. The number of benzene rings is 1. The lowest BCUT2D eigenvalue weighted by molar-refractivity contribution is 0.0949. The Hall–Kier alpha value is -0.540. The third kappa shape index (κ3) is 2.52. The number of hydrogen-bond donors (Lipinski definition) is 1. The molecule has 2 atom stereocenters. The van der Waals surface area contributed by atoms with Crippen LogP contribution in [-0.2, 0) is 0 Å². The number of rotatable bonds is 2. The van der Waals surface area contributed by atoms with E-state index in [-0.39, 0.29) is 5.91 Å². The van der Waals surface area contributed by atoms with Gasteiger partial charge in [-0.15, -0.1) is 0 Å². The molecule has 1 aromatic carbocycles. The average molecular weight is 289 g/mol. The van der Waals surface area contributed by atoms with Gasteiger partial charge in [-0.2, -0.15) is 0 Å². The van der Waals surface area contributed by atoms with E-state index in [0.29, 0.717) is 22.5 Å². The summed E-state index contributed by atoms with van der Waals surface area (Å²) in [7, 11) is 0. The molecule has 1 aliphatic rings. The van der Waals surface area contributed by atoms with Crippen molar-refractivity contribution in [3.8, 4) is 0 Å². The van der Waals surface area contributed by atoms with Gasteiger partial charge in [0, 0.05) is 16.1 Å². The molecule has 1 aliphatic carbocycles. The molecule has 0 aromatic heterocycles. The van der Waals surface area contributed by atoms with Gasteiger partial charge < -0.3 is 5.32 Å². The Labute approximate surface area is 102 Å². The first-order valence-corrected chi connectivity index (χ1v) is 6.01. The fourth-order valence-electron chi connectivity index (χ4n) is 1.41. The largest absolute Gasteiger partial charge is 0.349 e. The molecule has 0 spiro atoms. The molecule has 15 heavy (non-hydrogen) atoms. The number of hydrogen-bond acceptors (Lipinski definition) is 1. The van der Waals surface area contributed by atoms with E-state index in [1.165, 1.54) is 0 Å². The normalized spacial score (nSPS) is 23.7. The fourth-order valence-corrected chi connectivity index (χ4v) is 1.91. The van der Waals surface area contributed by atoms with Crippen molar-refractivity contribution >= 4 is 33.4 Å². The summed E-state index contributed by atoms with van der Waals surface area (Å²) in [6.45, 7) is 2.13. The molecule has 1 N–H and O–H groups in total. The summed E-state index contributed by atoms with van der Waals surface area (Å²) in [6, 6.07) is 5.55.